The number of carbonyl (C=O) groups excluding carboxylic acids is 1. The molecule has 0 saturated heterocycles. The topological polar surface area (TPSA) is 77.2 Å². The summed E-state index contributed by atoms with van der Waals surface area (Å²) in [5.74, 6) is -0.125. The molecule has 2 unspecified atom stereocenters. The van der Waals surface area contributed by atoms with E-state index in [0.29, 0.717) is 0 Å². The molecular weight excluding hydrogens is 238 g/mol. The maximum atomic E-state index is 11.9. The fourth-order valence-corrected chi connectivity index (χ4v) is 3.18. The third kappa shape index (κ3) is 4.07. The molecule has 1 aliphatic carbocycles. The van der Waals surface area contributed by atoms with Gasteiger partial charge in [-0.25, -0.2) is 8.42 Å². The Morgan fingerprint density at radius 3 is 2.41 bits per heavy atom. The molecule has 100 valence electrons. The minimum atomic E-state index is -3.11. The molecule has 17 heavy (non-hydrogen) atoms. The third-order valence-corrected chi connectivity index (χ3v) is 5.79. The van der Waals surface area contributed by atoms with Gasteiger partial charge >= 0.3 is 0 Å². The first-order valence-electron chi connectivity index (χ1n) is 6.34. The van der Waals surface area contributed by atoms with E-state index >= 15 is 0 Å². The van der Waals surface area contributed by atoms with Gasteiger partial charge in [0.25, 0.3) is 0 Å². The lowest BCUT2D eigenvalue weighted by molar-refractivity contribution is -0.123. The normalized spacial score (nSPS) is 26.1. The first kappa shape index (κ1) is 14.6. The minimum Gasteiger partial charge on any atom is -0.327 e. The lowest BCUT2D eigenvalue weighted by atomic mass is 9.81. The van der Waals surface area contributed by atoms with Crippen LogP contribution in [0, 0.1) is 5.92 Å². The minimum absolute atomic E-state index is 0.0291. The molecule has 1 saturated carbocycles. The number of rotatable bonds is 5. The summed E-state index contributed by atoms with van der Waals surface area (Å²) < 4.78 is 23.2. The van der Waals surface area contributed by atoms with Gasteiger partial charge < -0.3 is 5.73 Å². The summed E-state index contributed by atoms with van der Waals surface area (Å²) in [6.45, 7) is 3.29. The molecule has 1 aliphatic rings. The summed E-state index contributed by atoms with van der Waals surface area (Å²) in [5.41, 5.74) is 5.91. The van der Waals surface area contributed by atoms with Crippen molar-refractivity contribution in [3.05, 3.63) is 0 Å². The smallest absolute Gasteiger partial charge is 0.153 e. The van der Waals surface area contributed by atoms with E-state index in [1.807, 2.05) is 0 Å². The summed E-state index contributed by atoms with van der Waals surface area (Å²) >= 11 is 0. The van der Waals surface area contributed by atoms with Gasteiger partial charge in [-0.05, 0) is 26.7 Å². The molecule has 0 spiro atoms. The average Bonchev–Trinajstić information content (AvgIpc) is 2.26. The Balaban J connectivity index is 2.49. The Hall–Kier alpha value is -0.420. The summed E-state index contributed by atoms with van der Waals surface area (Å²) in [5, 5.41) is -0.407. The van der Waals surface area contributed by atoms with Crippen LogP contribution < -0.4 is 5.73 Å². The Kier molecular flexibility index (Phi) is 5.13. The summed E-state index contributed by atoms with van der Waals surface area (Å²) in [6.07, 6.45) is 3.93. The number of hydrogen-bond donors (Lipinski definition) is 1. The second-order valence-electron chi connectivity index (χ2n) is 5.19. The molecule has 4 nitrogen and oxygen atoms in total. The van der Waals surface area contributed by atoms with E-state index in [1.54, 1.807) is 13.8 Å². The van der Waals surface area contributed by atoms with Crippen LogP contribution in [0.4, 0.5) is 0 Å². The van der Waals surface area contributed by atoms with Gasteiger partial charge in [0.2, 0.25) is 0 Å². The van der Waals surface area contributed by atoms with Gasteiger partial charge in [0.1, 0.15) is 5.78 Å². The Bertz CT molecular complexity index is 362. The molecule has 2 atom stereocenters. The Morgan fingerprint density at radius 1 is 1.29 bits per heavy atom. The fourth-order valence-electron chi connectivity index (χ4n) is 2.22. The van der Waals surface area contributed by atoms with Crippen molar-refractivity contribution in [1.82, 2.24) is 0 Å². The van der Waals surface area contributed by atoms with Gasteiger partial charge in [0.15, 0.2) is 9.84 Å². The third-order valence-electron chi connectivity index (χ3n) is 3.58. The number of hydrogen-bond acceptors (Lipinski definition) is 4. The summed E-state index contributed by atoms with van der Waals surface area (Å²) in [7, 11) is -3.11. The van der Waals surface area contributed by atoms with Crippen molar-refractivity contribution in [3.63, 3.8) is 0 Å². The average molecular weight is 261 g/mol. The standard InChI is InChI=1S/C12H23NO3S/c1-9(2)17(15,16)8-7-12(14)10-5-3-4-6-11(10)13/h9-11H,3-8,13H2,1-2H3. The Labute approximate surface area is 104 Å². The molecule has 0 aromatic rings. The highest BCUT2D eigenvalue weighted by Gasteiger charge is 2.29. The van der Waals surface area contributed by atoms with Crippen molar-refractivity contribution >= 4 is 15.6 Å². The van der Waals surface area contributed by atoms with Crippen LogP contribution in [-0.2, 0) is 14.6 Å². The number of nitrogens with two attached hydrogens (primary N) is 1. The number of sulfone groups is 1. The van der Waals surface area contributed by atoms with E-state index in [9.17, 15) is 13.2 Å². The van der Waals surface area contributed by atoms with Crippen LogP contribution >= 0.6 is 0 Å². The maximum Gasteiger partial charge on any atom is 0.153 e. The molecule has 0 radical (unpaired) electrons. The second-order valence-corrected chi connectivity index (χ2v) is 7.86. The van der Waals surface area contributed by atoms with E-state index in [2.05, 4.69) is 0 Å². The monoisotopic (exact) mass is 261 g/mol. The first-order valence-corrected chi connectivity index (χ1v) is 8.06. The lowest BCUT2D eigenvalue weighted by Crippen LogP contribution is -2.38. The van der Waals surface area contributed by atoms with Gasteiger partial charge in [-0.15, -0.1) is 0 Å². The SMILES string of the molecule is CC(C)S(=O)(=O)CCC(=O)C1CCCCC1N. The highest BCUT2D eigenvalue weighted by atomic mass is 32.2. The quantitative estimate of drug-likeness (QED) is 0.809. The largest absolute Gasteiger partial charge is 0.327 e. The number of carbonyl (C=O) groups is 1. The zero-order chi connectivity index (χ0) is 13.1. The highest BCUT2D eigenvalue weighted by Crippen LogP contribution is 2.24. The Morgan fingerprint density at radius 2 is 1.88 bits per heavy atom. The van der Waals surface area contributed by atoms with Crippen LogP contribution in [0.2, 0.25) is 0 Å². The zero-order valence-corrected chi connectivity index (χ0v) is 11.5. The van der Waals surface area contributed by atoms with Crippen LogP contribution in [-0.4, -0.2) is 31.2 Å². The molecule has 0 aromatic heterocycles. The van der Waals surface area contributed by atoms with Crippen molar-refractivity contribution in [1.29, 1.82) is 0 Å². The summed E-state index contributed by atoms with van der Waals surface area (Å²) in [4.78, 5) is 11.9. The number of ketones is 1. The maximum absolute atomic E-state index is 11.9. The molecule has 5 heteroatoms. The van der Waals surface area contributed by atoms with E-state index < -0.39 is 15.1 Å². The van der Waals surface area contributed by atoms with Gasteiger partial charge in [0, 0.05) is 18.4 Å². The molecule has 0 amide bonds. The highest BCUT2D eigenvalue weighted by molar-refractivity contribution is 7.91. The molecule has 0 heterocycles. The van der Waals surface area contributed by atoms with Crippen LogP contribution in [0.25, 0.3) is 0 Å². The molecule has 0 aliphatic heterocycles. The number of Topliss-reactive ketones (excluding diaryl/α,β-unsaturated/α-hetero) is 1. The van der Waals surface area contributed by atoms with Crippen LogP contribution in [0.15, 0.2) is 0 Å². The molecular formula is C12H23NO3S. The van der Waals surface area contributed by atoms with Gasteiger partial charge in [-0.1, -0.05) is 12.8 Å². The van der Waals surface area contributed by atoms with Crippen molar-refractivity contribution in [2.75, 3.05) is 5.75 Å². The van der Waals surface area contributed by atoms with Gasteiger partial charge in [-0.2, -0.15) is 0 Å². The zero-order valence-electron chi connectivity index (χ0n) is 10.7. The molecule has 2 N–H and O–H groups in total. The van der Waals surface area contributed by atoms with E-state index in [-0.39, 0.29) is 29.9 Å². The van der Waals surface area contributed by atoms with Crippen molar-refractivity contribution in [2.45, 2.75) is 57.2 Å². The van der Waals surface area contributed by atoms with Crippen molar-refractivity contribution in [2.24, 2.45) is 11.7 Å². The molecule has 0 aromatic carbocycles. The summed E-state index contributed by atoms with van der Waals surface area (Å²) in [6, 6.07) is -0.0713. The molecule has 0 bridgehead atoms. The van der Waals surface area contributed by atoms with E-state index in [0.717, 1.165) is 25.7 Å². The van der Waals surface area contributed by atoms with Gasteiger partial charge in [0.05, 0.1) is 11.0 Å². The lowest BCUT2D eigenvalue weighted by Gasteiger charge is -2.27. The van der Waals surface area contributed by atoms with Crippen molar-refractivity contribution < 1.29 is 13.2 Å². The van der Waals surface area contributed by atoms with Crippen LogP contribution in [0.1, 0.15) is 46.0 Å². The fraction of sp³-hybridized carbons (Fsp3) is 0.917. The predicted octanol–water partition coefficient (Wildman–Crippen LogP) is 1.29. The van der Waals surface area contributed by atoms with Gasteiger partial charge in [-0.3, -0.25) is 4.79 Å². The van der Waals surface area contributed by atoms with Crippen LogP contribution in [0.5, 0.6) is 0 Å². The molecule has 1 rings (SSSR count). The van der Waals surface area contributed by atoms with E-state index in [4.69, 9.17) is 5.73 Å². The molecule has 1 fully saturated rings. The predicted molar refractivity (Wildman–Crippen MR) is 68.5 cm³/mol. The first-order chi connectivity index (χ1) is 7.84. The van der Waals surface area contributed by atoms with Crippen molar-refractivity contribution in [3.8, 4) is 0 Å². The van der Waals surface area contributed by atoms with Crippen LogP contribution in [0.3, 0.4) is 0 Å². The second kappa shape index (κ2) is 5.96. The van der Waals surface area contributed by atoms with E-state index in [1.165, 1.54) is 0 Å².